The van der Waals surface area contributed by atoms with E-state index in [1.165, 1.54) is 93.3 Å². The number of carboxylic acid groups (broad SMARTS) is 2. The Balaban J connectivity index is 0.000000195. The van der Waals surface area contributed by atoms with Crippen LogP contribution in [-0.2, 0) is 39.0 Å². The number of carboxylic acids is 2. The lowest BCUT2D eigenvalue weighted by Gasteiger charge is -2.49. The predicted molar refractivity (Wildman–Crippen MR) is 427 cm³/mol. The van der Waals surface area contributed by atoms with Gasteiger partial charge in [-0.05, 0) is 193 Å². The van der Waals surface area contributed by atoms with Gasteiger partial charge in [-0.25, -0.2) is 19.6 Å². The van der Waals surface area contributed by atoms with Gasteiger partial charge in [0, 0.05) is 103 Å². The summed E-state index contributed by atoms with van der Waals surface area (Å²) in [6, 6.07) is 40.6. The lowest BCUT2D eigenvalue weighted by Crippen LogP contribution is -2.70. The summed E-state index contributed by atoms with van der Waals surface area (Å²) in [6.07, 6.45) is 7.64. The van der Waals surface area contributed by atoms with Gasteiger partial charge in [0.15, 0.2) is 22.6 Å². The maximum atomic E-state index is 13.3. The van der Waals surface area contributed by atoms with Crippen LogP contribution in [-0.4, -0.2) is 169 Å². The molecule has 7 N–H and O–H groups in total. The summed E-state index contributed by atoms with van der Waals surface area (Å²) < 4.78 is 5.77. The molecular weight excluding hydrogens is 1500 g/mol. The number of benzene rings is 7. The molecule has 6 aliphatic heterocycles. The molecule has 5 unspecified atom stereocenters. The quantitative estimate of drug-likeness (QED) is 0.00661. The van der Waals surface area contributed by atoms with Crippen molar-refractivity contribution in [3.63, 3.8) is 0 Å². The minimum absolute atomic E-state index is 0.00738. The van der Waals surface area contributed by atoms with Crippen LogP contribution in [0.5, 0.6) is 11.5 Å². The highest BCUT2D eigenvalue weighted by atomic mass is 32.2. The molecule has 568 valence electrons. The van der Waals surface area contributed by atoms with Crippen molar-refractivity contribution in [2.75, 3.05) is 67.5 Å². The monoisotopic (exact) mass is 1570 g/mol. The van der Waals surface area contributed by atoms with E-state index in [0.29, 0.717) is 64.1 Å². The second-order valence-corrected chi connectivity index (χ2v) is 31.6. The molecule has 0 aromatic heterocycles. The molecule has 5 atom stereocenters. The normalized spacial score (nSPS) is 18.9. The number of allylic oxidation sites excluding steroid dienone is 4. The molecule has 0 bridgehead atoms. The first-order valence-corrected chi connectivity index (χ1v) is 39.4. The van der Waals surface area contributed by atoms with Crippen LogP contribution in [0.15, 0.2) is 236 Å². The second kappa shape index (κ2) is 33.7. The number of fused-ring (bicyclic) bond motifs is 6. The van der Waals surface area contributed by atoms with Gasteiger partial charge in [-0.3, -0.25) is 43.4 Å². The van der Waals surface area contributed by atoms with Gasteiger partial charge < -0.3 is 50.6 Å². The molecule has 0 spiro atoms. The zero-order valence-electron chi connectivity index (χ0n) is 60.7. The molecule has 2 fully saturated rings. The minimum atomic E-state index is -1.23. The number of rotatable bonds is 26. The molecule has 0 radical (unpaired) electrons. The molecule has 8 aliphatic rings. The minimum Gasteiger partial charge on any atom is -0.508 e. The van der Waals surface area contributed by atoms with Crippen LogP contribution in [0.25, 0.3) is 22.6 Å². The number of unbranched alkanes of at least 4 members (excludes halogenated alkanes) is 2. The summed E-state index contributed by atoms with van der Waals surface area (Å²) >= 11 is 5.74. The molecule has 6 aromatic carbocycles. The zero-order chi connectivity index (χ0) is 78.4. The lowest BCUT2D eigenvalue weighted by molar-refractivity contribution is -0.150. The standard InChI is InChI=1S/C42H42N6O6S2.C38H33N7O8S2/c1-42(32-21-29(49)14-18-34(32)43-35-19-15-30(50)22-33(35)42)20-6-4-5-7-36(51)44-37-39(52)48-38(41(53)54)25(24-56-40(37)48)23-55-31-16-10-27(11-17-31)46-45-26-8-12-28(13-9-26)47(2)3;1-44(2)23-7-3-21(4-8-23)42-43-22-5-10-25(11-6-22)54-18-20-19-55-37-32(36(50)45(37)33(20)38(51)52)41-30(48)15-16-39-35(49)31-28(47)14-13-27-34(31)53-29-17-24(46)9-12-26(29)40-27/h8-19,21-22,37,40,49H,4-7,20,23-24H2,1-3H3,(H,44,51)(H,53,54);3-14,17,32,37,47H,15-16,18-19H2,1-2H3,(H,39,49)(H,41,48)(H,51,52). The number of aliphatic imine (C=N–C) groups is 1. The molecule has 111 heavy (non-hydrogen) atoms. The number of aliphatic carboxylic acids is 2. The van der Waals surface area contributed by atoms with E-state index in [4.69, 9.17) is 9.41 Å². The van der Waals surface area contributed by atoms with Crippen LogP contribution in [0.4, 0.5) is 39.8 Å². The Bertz CT molecular complexity index is 5300. The number of aromatic nitrogens is 1. The number of ketones is 1. The highest BCUT2D eigenvalue weighted by molar-refractivity contribution is 8.01. The van der Waals surface area contributed by atoms with Gasteiger partial charge in [0.25, 0.3) is 17.7 Å². The van der Waals surface area contributed by atoms with Gasteiger partial charge >= 0.3 is 11.9 Å². The number of nitrogens with zero attached hydrogens (tertiary/aromatic N) is 10. The third-order valence-corrected chi connectivity index (χ3v) is 24.1. The average Bonchev–Trinajstić information content (AvgIpc) is 0.745. The van der Waals surface area contributed by atoms with Gasteiger partial charge in [0.2, 0.25) is 11.8 Å². The molecule has 27 nitrogen and oxygen atoms in total. The molecule has 2 saturated heterocycles. The van der Waals surface area contributed by atoms with Crippen molar-refractivity contribution in [2.24, 2.45) is 25.4 Å². The Morgan fingerprint density at radius 1 is 0.622 bits per heavy atom. The van der Waals surface area contributed by atoms with Crippen LogP contribution in [0, 0.1) is 0 Å². The van der Waals surface area contributed by atoms with Crippen molar-refractivity contribution >= 4 is 151 Å². The number of phenolic OH excluding ortho intramolecular Hbond substituents is 2. The van der Waals surface area contributed by atoms with Crippen molar-refractivity contribution in [3.05, 3.63) is 213 Å². The Morgan fingerprint density at radius 3 is 1.67 bits per heavy atom. The first kappa shape index (κ1) is 77.5. The smallest absolute Gasteiger partial charge is 0.352 e. The Labute approximate surface area is 653 Å². The molecular formula is C80H75N13O14S4. The van der Waals surface area contributed by atoms with E-state index in [2.05, 4.69) is 48.3 Å². The van der Waals surface area contributed by atoms with E-state index in [-0.39, 0.29) is 81.8 Å². The molecule has 6 aromatic rings. The molecule has 5 amide bonds. The van der Waals surface area contributed by atoms with E-state index in [1.54, 1.807) is 30.4 Å². The number of hydrogen-bond donors (Lipinski definition) is 7. The molecule has 31 heteroatoms. The fourth-order valence-corrected chi connectivity index (χ4v) is 18.1. The van der Waals surface area contributed by atoms with Crippen LogP contribution in [0.3, 0.4) is 0 Å². The SMILES string of the molecule is CN(C)c1ccc(N=Nc2ccc(SCC3=C(C(=O)O)N4C(=O)C(NC(=O)CCCCCC5(C)C6=CC(=O)C=CC6=Nc6ccc(O)cc65)C4SC3)cc2)cc1.CN(C)c1ccc(N=Nc2ccc(SCC3=C(C(=O)O)N4C(=O)C(NC(=O)CCNC(=O)c5c(O)ccc6nc7ccc(=O)cc-7oc56)C4SC3)cc2)cc1. The second-order valence-electron chi connectivity index (χ2n) is 27.3. The van der Waals surface area contributed by atoms with E-state index in [9.17, 15) is 63.6 Å². The number of aromatic hydroxyl groups is 2. The Kier molecular flexibility index (Phi) is 23.5. The summed E-state index contributed by atoms with van der Waals surface area (Å²) in [5.41, 5.74) is 8.85. The number of amides is 5. The third kappa shape index (κ3) is 17.3. The molecule has 2 aliphatic carbocycles. The van der Waals surface area contributed by atoms with Crippen molar-refractivity contribution in [3.8, 4) is 23.0 Å². The highest BCUT2D eigenvalue weighted by Gasteiger charge is 2.55. The number of carbonyl (C=O) groups is 8. The first-order valence-electron chi connectivity index (χ1n) is 35.3. The van der Waals surface area contributed by atoms with E-state index >= 15 is 0 Å². The van der Waals surface area contributed by atoms with Crippen LogP contribution >= 0.6 is 47.0 Å². The number of nitrogens with one attached hydrogen (secondary N) is 3. The number of phenols is 2. The molecule has 14 rings (SSSR count). The third-order valence-electron chi connectivity index (χ3n) is 19.2. The number of carbonyl (C=O) groups excluding carboxylic acids is 6. The van der Waals surface area contributed by atoms with Crippen LogP contribution < -0.4 is 31.2 Å². The number of azo groups is 2. The highest BCUT2D eigenvalue weighted by Crippen LogP contribution is 2.49. The maximum absolute atomic E-state index is 13.3. The van der Waals surface area contributed by atoms with Gasteiger partial charge in [-0.1, -0.05) is 19.8 Å². The topological polar surface area (TPSA) is 371 Å². The summed E-state index contributed by atoms with van der Waals surface area (Å²) in [5, 5.41) is 65.2. The number of thioether (sulfide) groups is 4. The van der Waals surface area contributed by atoms with Gasteiger partial charge in [-0.15, -0.1) is 47.0 Å². The van der Waals surface area contributed by atoms with Crippen LogP contribution in [0.2, 0.25) is 0 Å². The fraction of sp³-hybridized carbons (Fsp3) is 0.263. The predicted octanol–water partition coefficient (Wildman–Crippen LogP) is 12.9. The van der Waals surface area contributed by atoms with E-state index < -0.39 is 63.8 Å². The summed E-state index contributed by atoms with van der Waals surface area (Å²) in [6.45, 7) is 1.91. The van der Waals surface area contributed by atoms with Gasteiger partial charge in [0.1, 0.15) is 62.5 Å². The van der Waals surface area contributed by atoms with Crippen molar-refractivity contribution in [2.45, 2.75) is 83.5 Å². The van der Waals surface area contributed by atoms with Gasteiger partial charge in [-0.2, -0.15) is 20.5 Å². The summed E-state index contributed by atoms with van der Waals surface area (Å²) in [4.78, 5) is 132. The van der Waals surface area contributed by atoms with E-state index in [0.717, 1.165) is 67.9 Å². The van der Waals surface area contributed by atoms with Crippen LogP contribution in [0.1, 0.15) is 61.4 Å². The summed E-state index contributed by atoms with van der Waals surface area (Å²) in [5.74, 6) is -3.57. The van der Waals surface area contributed by atoms with Gasteiger partial charge in [0.05, 0.1) is 34.1 Å². The molecule has 0 saturated carbocycles. The first-order chi connectivity index (χ1) is 53.4. The molecule has 6 heterocycles. The average molecular weight is 1570 g/mol. The van der Waals surface area contributed by atoms with Crippen molar-refractivity contribution in [1.29, 1.82) is 0 Å². The van der Waals surface area contributed by atoms with Crippen molar-refractivity contribution in [1.82, 2.24) is 30.7 Å². The van der Waals surface area contributed by atoms with Crippen molar-refractivity contribution < 1.29 is 63.2 Å². The zero-order valence-corrected chi connectivity index (χ0v) is 63.9. The van der Waals surface area contributed by atoms with E-state index in [1.807, 2.05) is 135 Å². The Morgan fingerprint density at radius 2 is 1.14 bits per heavy atom. The fourth-order valence-electron chi connectivity index (χ4n) is 13.4. The number of anilines is 2. The number of hydrogen-bond acceptors (Lipinski definition) is 24. The lowest BCUT2D eigenvalue weighted by atomic mass is 9.67. The Hall–Kier alpha value is -11.7. The maximum Gasteiger partial charge on any atom is 0.352 e. The number of β-lactam (4-membered cyclic amide) rings is 2. The summed E-state index contributed by atoms with van der Waals surface area (Å²) in [7, 11) is 7.88. The largest absolute Gasteiger partial charge is 0.508 e.